The molecule has 0 aliphatic carbocycles. The molecule has 0 aromatic heterocycles. The molecule has 1 atom stereocenters. The number of rotatable bonds is 5. The topological polar surface area (TPSA) is 66.8 Å². The van der Waals surface area contributed by atoms with Crippen LogP contribution in [-0.2, 0) is 9.59 Å². The van der Waals surface area contributed by atoms with Gasteiger partial charge in [-0.25, -0.2) is 0 Å². The van der Waals surface area contributed by atoms with Crippen molar-refractivity contribution in [2.45, 2.75) is 32.3 Å². The molecule has 1 heterocycles. The third kappa shape index (κ3) is 4.73. The number of likely N-dealkylation sites (tertiary alicyclic amines) is 1. The highest BCUT2D eigenvalue weighted by Gasteiger charge is 2.27. The van der Waals surface area contributed by atoms with Crippen molar-refractivity contribution in [3.8, 4) is 5.75 Å². The van der Waals surface area contributed by atoms with Crippen LogP contribution in [-0.4, -0.2) is 41.1 Å². The Kier molecular flexibility index (Phi) is 5.83. The fraction of sp³-hybridized carbons (Fsp3) is 0.500. The van der Waals surface area contributed by atoms with Crippen LogP contribution in [0.25, 0.3) is 0 Å². The van der Waals surface area contributed by atoms with Crippen molar-refractivity contribution in [3.63, 3.8) is 0 Å². The molecule has 1 aromatic rings. The van der Waals surface area contributed by atoms with Gasteiger partial charge in [-0.3, -0.25) is 9.59 Å². The molecule has 6 heteroatoms. The molecule has 2 rings (SSSR count). The second-order valence-electron chi connectivity index (χ2n) is 5.58. The van der Waals surface area contributed by atoms with Gasteiger partial charge < -0.3 is 14.7 Å². The van der Waals surface area contributed by atoms with E-state index in [2.05, 4.69) is 15.9 Å². The lowest BCUT2D eigenvalue weighted by Gasteiger charge is -2.33. The van der Waals surface area contributed by atoms with Crippen LogP contribution in [0.5, 0.6) is 5.75 Å². The maximum atomic E-state index is 12.4. The number of carboxylic acids is 1. The molecule has 1 aromatic carbocycles. The number of aliphatic carboxylic acids is 1. The number of hydrogen-bond donors (Lipinski definition) is 1. The minimum atomic E-state index is -0.767. The van der Waals surface area contributed by atoms with Gasteiger partial charge in [-0.05, 0) is 43.9 Å². The highest BCUT2D eigenvalue weighted by atomic mass is 79.9. The minimum Gasteiger partial charge on any atom is -0.481 e. The van der Waals surface area contributed by atoms with Crippen molar-refractivity contribution in [1.29, 1.82) is 0 Å². The van der Waals surface area contributed by atoms with Gasteiger partial charge in [0.1, 0.15) is 5.75 Å². The van der Waals surface area contributed by atoms with Gasteiger partial charge in [0.2, 0.25) is 0 Å². The van der Waals surface area contributed by atoms with E-state index in [1.54, 1.807) is 11.8 Å². The predicted molar refractivity (Wildman–Crippen MR) is 85.8 cm³/mol. The van der Waals surface area contributed by atoms with Crippen molar-refractivity contribution in [2.24, 2.45) is 5.92 Å². The van der Waals surface area contributed by atoms with Crippen molar-refractivity contribution in [1.82, 2.24) is 4.90 Å². The second-order valence-corrected chi connectivity index (χ2v) is 6.50. The molecule has 1 saturated heterocycles. The summed E-state index contributed by atoms with van der Waals surface area (Å²) in [5, 5.41) is 8.81. The van der Waals surface area contributed by atoms with Gasteiger partial charge in [0.15, 0.2) is 6.10 Å². The summed E-state index contributed by atoms with van der Waals surface area (Å²) >= 11 is 3.37. The molecule has 1 fully saturated rings. The first-order valence-electron chi connectivity index (χ1n) is 7.38. The fourth-order valence-electron chi connectivity index (χ4n) is 2.66. The molecule has 5 nitrogen and oxygen atoms in total. The summed E-state index contributed by atoms with van der Waals surface area (Å²) in [6.07, 6.45) is 1.11. The summed E-state index contributed by atoms with van der Waals surface area (Å²) in [5.41, 5.74) is 0. The van der Waals surface area contributed by atoms with E-state index in [0.29, 0.717) is 18.8 Å². The van der Waals surface area contributed by atoms with E-state index >= 15 is 0 Å². The fourth-order valence-corrected chi connectivity index (χ4v) is 3.03. The molecule has 1 unspecified atom stereocenters. The number of amides is 1. The zero-order valence-corrected chi connectivity index (χ0v) is 14.1. The summed E-state index contributed by atoms with van der Waals surface area (Å²) in [5.74, 6) is 0.00345. The highest BCUT2D eigenvalue weighted by molar-refractivity contribution is 9.10. The van der Waals surface area contributed by atoms with Gasteiger partial charge >= 0.3 is 5.97 Å². The molecule has 1 aliphatic heterocycles. The number of benzene rings is 1. The number of hydrogen-bond acceptors (Lipinski definition) is 3. The Morgan fingerprint density at radius 2 is 2.09 bits per heavy atom. The van der Waals surface area contributed by atoms with E-state index in [0.717, 1.165) is 17.3 Å². The average Bonchev–Trinajstić information content (AvgIpc) is 2.46. The molecule has 120 valence electrons. The predicted octanol–water partition coefficient (Wildman–Crippen LogP) is 2.93. The first-order chi connectivity index (χ1) is 10.5. The standard InChI is InChI=1S/C16H20BrNO4/c1-11(22-14-4-2-3-13(17)10-14)16(21)18-7-5-12(6-8-18)9-15(19)20/h2-4,10-12H,5-9H2,1H3,(H,19,20). The number of nitrogens with zero attached hydrogens (tertiary/aromatic N) is 1. The first-order valence-corrected chi connectivity index (χ1v) is 8.18. The van der Waals surface area contributed by atoms with E-state index in [9.17, 15) is 9.59 Å². The minimum absolute atomic E-state index is 0.0475. The summed E-state index contributed by atoms with van der Waals surface area (Å²) in [4.78, 5) is 24.9. The van der Waals surface area contributed by atoms with Crippen LogP contribution in [0.15, 0.2) is 28.7 Å². The lowest BCUT2D eigenvalue weighted by atomic mass is 9.93. The van der Waals surface area contributed by atoms with Gasteiger partial charge in [0, 0.05) is 24.0 Å². The molecule has 1 N–H and O–H groups in total. The van der Waals surface area contributed by atoms with Crippen molar-refractivity contribution in [3.05, 3.63) is 28.7 Å². The number of carboxylic acid groups (broad SMARTS) is 1. The zero-order valence-electron chi connectivity index (χ0n) is 12.5. The van der Waals surface area contributed by atoms with Gasteiger partial charge in [-0.2, -0.15) is 0 Å². The van der Waals surface area contributed by atoms with Crippen LogP contribution in [0.3, 0.4) is 0 Å². The van der Waals surface area contributed by atoms with E-state index in [4.69, 9.17) is 9.84 Å². The lowest BCUT2D eigenvalue weighted by molar-refractivity contribution is -0.140. The van der Waals surface area contributed by atoms with Crippen molar-refractivity contribution < 1.29 is 19.4 Å². The number of halogens is 1. The second kappa shape index (κ2) is 7.63. The monoisotopic (exact) mass is 369 g/mol. The van der Waals surface area contributed by atoms with Crippen LogP contribution in [0.4, 0.5) is 0 Å². The normalized spacial score (nSPS) is 17.1. The van der Waals surface area contributed by atoms with Crippen molar-refractivity contribution >= 4 is 27.8 Å². The zero-order chi connectivity index (χ0) is 16.1. The summed E-state index contributed by atoms with van der Waals surface area (Å²) in [6.45, 7) is 2.94. The average molecular weight is 370 g/mol. The molecule has 0 spiro atoms. The maximum Gasteiger partial charge on any atom is 0.303 e. The quantitative estimate of drug-likeness (QED) is 0.866. The van der Waals surface area contributed by atoms with E-state index < -0.39 is 12.1 Å². The summed E-state index contributed by atoms with van der Waals surface area (Å²) in [6, 6.07) is 7.39. The highest BCUT2D eigenvalue weighted by Crippen LogP contribution is 2.23. The van der Waals surface area contributed by atoms with Crippen LogP contribution in [0.2, 0.25) is 0 Å². The molecule has 22 heavy (non-hydrogen) atoms. The van der Waals surface area contributed by atoms with E-state index in [1.165, 1.54) is 0 Å². The first kappa shape index (κ1) is 16.8. The molecule has 0 radical (unpaired) electrons. The molecule has 1 amide bonds. The number of ether oxygens (including phenoxy) is 1. The third-order valence-corrected chi connectivity index (χ3v) is 4.34. The Hall–Kier alpha value is -1.56. The number of piperidine rings is 1. The molecular formula is C16H20BrNO4. The molecule has 1 aliphatic rings. The Bertz CT molecular complexity index is 541. The SMILES string of the molecule is CC(Oc1cccc(Br)c1)C(=O)N1CCC(CC(=O)O)CC1. The summed E-state index contributed by atoms with van der Waals surface area (Å²) in [7, 11) is 0. The van der Waals surface area contributed by atoms with E-state index in [-0.39, 0.29) is 18.2 Å². The Morgan fingerprint density at radius 3 is 2.68 bits per heavy atom. The number of carbonyl (C=O) groups excluding carboxylic acids is 1. The Morgan fingerprint density at radius 1 is 1.41 bits per heavy atom. The molecule has 0 saturated carbocycles. The smallest absolute Gasteiger partial charge is 0.303 e. The molecular weight excluding hydrogens is 350 g/mol. The van der Waals surface area contributed by atoms with Gasteiger partial charge in [-0.15, -0.1) is 0 Å². The molecule has 0 bridgehead atoms. The van der Waals surface area contributed by atoms with Crippen LogP contribution >= 0.6 is 15.9 Å². The third-order valence-electron chi connectivity index (χ3n) is 3.85. The number of carbonyl (C=O) groups is 2. The van der Waals surface area contributed by atoms with E-state index in [1.807, 2.05) is 24.3 Å². The Labute approximate surface area is 138 Å². The summed E-state index contributed by atoms with van der Waals surface area (Å²) < 4.78 is 6.59. The van der Waals surface area contributed by atoms with Gasteiger partial charge in [0.25, 0.3) is 5.91 Å². The van der Waals surface area contributed by atoms with Gasteiger partial charge in [-0.1, -0.05) is 22.0 Å². The maximum absolute atomic E-state index is 12.4. The van der Waals surface area contributed by atoms with Crippen LogP contribution in [0.1, 0.15) is 26.2 Å². The largest absolute Gasteiger partial charge is 0.481 e. The van der Waals surface area contributed by atoms with Crippen molar-refractivity contribution in [2.75, 3.05) is 13.1 Å². The van der Waals surface area contributed by atoms with Crippen LogP contribution in [0, 0.1) is 5.92 Å². The lowest BCUT2D eigenvalue weighted by Crippen LogP contribution is -2.45. The van der Waals surface area contributed by atoms with Gasteiger partial charge in [0.05, 0.1) is 0 Å². The van der Waals surface area contributed by atoms with Crippen LogP contribution < -0.4 is 4.74 Å². The Balaban J connectivity index is 1.85.